The Balaban J connectivity index is 1.62. The minimum absolute atomic E-state index is 0.0150. The van der Waals surface area contributed by atoms with Gasteiger partial charge in [-0.05, 0) is 31.2 Å². The first kappa shape index (κ1) is 18.9. The van der Waals surface area contributed by atoms with Crippen molar-refractivity contribution >= 4 is 33.8 Å². The molecule has 8 heteroatoms. The molecule has 4 rings (SSSR count). The standard InChI is InChI=1S/C21H25N7O/c1-12(22-2)21(29)24-10-13-5-7-14(8-6-13)16-9-15-18-17(25-11-28(18)4)20(23-3)27-19(15)26-16/h5-9,11-12,22H,10H2,1-4H3,(H,24,29)(H2,23,26,27)/t12-/m0/s1. The van der Waals surface area contributed by atoms with Gasteiger partial charge in [-0.15, -0.1) is 0 Å². The molecule has 0 aliphatic heterocycles. The predicted molar refractivity (Wildman–Crippen MR) is 116 cm³/mol. The fourth-order valence-electron chi connectivity index (χ4n) is 3.40. The van der Waals surface area contributed by atoms with E-state index in [1.54, 1.807) is 13.4 Å². The topological polar surface area (TPSA) is 99.7 Å². The molecule has 4 N–H and O–H groups in total. The van der Waals surface area contributed by atoms with E-state index >= 15 is 0 Å². The lowest BCUT2D eigenvalue weighted by molar-refractivity contribution is -0.122. The van der Waals surface area contributed by atoms with Crippen LogP contribution in [0.25, 0.3) is 33.3 Å². The van der Waals surface area contributed by atoms with Crippen LogP contribution in [0.5, 0.6) is 0 Å². The van der Waals surface area contributed by atoms with Gasteiger partial charge in [0.25, 0.3) is 0 Å². The van der Waals surface area contributed by atoms with E-state index in [0.29, 0.717) is 6.54 Å². The highest BCUT2D eigenvalue weighted by Gasteiger charge is 2.15. The molecule has 0 saturated carbocycles. The van der Waals surface area contributed by atoms with Crippen molar-refractivity contribution in [2.24, 2.45) is 7.05 Å². The van der Waals surface area contributed by atoms with Crippen LogP contribution >= 0.6 is 0 Å². The number of H-pyrrole nitrogens is 1. The first-order valence-electron chi connectivity index (χ1n) is 9.57. The summed E-state index contributed by atoms with van der Waals surface area (Å²) in [5, 5.41) is 10.0. The van der Waals surface area contributed by atoms with Crippen LogP contribution in [-0.4, -0.2) is 45.6 Å². The summed E-state index contributed by atoms with van der Waals surface area (Å²) in [5.74, 6) is 0.738. The summed E-state index contributed by atoms with van der Waals surface area (Å²) in [7, 11) is 5.60. The fourth-order valence-corrected chi connectivity index (χ4v) is 3.40. The van der Waals surface area contributed by atoms with E-state index in [9.17, 15) is 4.79 Å². The molecule has 150 valence electrons. The lowest BCUT2D eigenvalue weighted by Gasteiger charge is -2.11. The molecule has 0 unspecified atom stereocenters. The molecule has 4 aromatic rings. The maximum Gasteiger partial charge on any atom is 0.237 e. The Kier molecular flexibility index (Phi) is 4.94. The summed E-state index contributed by atoms with van der Waals surface area (Å²) < 4.78 is 2.01. The van der Waals surface area contributed by atoms with Crippen molar-refractivity contribution in [2.75, 3.05) is 19.4 Å². The van der Waals surface area contributed by atoms with Crippen molar-refractivity contribution in [3.63, 3.8) is 0 Å². The Bertz CT molecular complexity index is 1170. The minimum Gasteiger partial charge on any atom is -0.371 e. The lowest BCUT2D eigenvalue weighted by atomic mass is 10.1. The van der Waals surface area contributed by atoms with E-state index in [-0.39, 0.29) is 11.9 Å². The van der Waals surface area contributed by atoms with Crippen molar-refractivity contribution in [1.82, 2.24) is 30.2 Å². The molecule has 0 aliphatic rings. The van der Waals surface area contributed by atoms with Gasteiger partial charge in [-0.2, -0.15) is 0 Å². The molecule has 0 fully saturated rings. The molecule has 0 bridgehead atoms. The number of nitrogens with one attached hydrogen (secondary N) is 4. The van der Waals surface area contributed by atoms with Crippen LogP contribution in [0.2, 0.25) is 0 Å². The number of fused-ring (bicyclic) bond motifs is 3. The van der Waals surface area contributed by atoms with E-state index in [4.69, 9.17) is 0 Å². The first-order valence-corrected chi connectivity index (χ1v) is 9.57. The highest BCUT2D eigenvalue weighted by Crippen LogP contribution is 2.31. The van der Waals surface area contributed by atoms with Crippen LogP contribution in [-0.2, 0) is 18.4 Å². The number of carbonyl (C=O) groups is 1. The number of hydrogen-bond donors (Lipinski definition) is 4. The Morgan fingerprint density at radius 1 is 1.24 bits per heavy atom. The van der Waals surface area contributed by atoms with Crippen LogP contribution in [0.3, 0.4) is 0 Å². The molecule has 1 aromatic carbocycles. The normalized spacial score (nSPS) is 12.4. The molecule has 1 atom stereocenters. The maximum atomic E-state index is 11.9. The molecule has 0 radical (unpaired) electrons. The number of imidazole rings is 1. The number of rotatable bonds is 6. The summed E-state index contributed by atoms with van der Waals surface area (Å²) in [5.41, 5.74) is 5.81. The Morgan fingerprint density at radius 3 is 2.69 bits per heavy atom. The Morgan fingerprint density at radius 2 is 2.00 bits per heavy atom. The quantitative estimate of drug-likeness (QED) is 0.404. The lowest BCUT2D eigenvalue weighted by Crippen LogP contribution is -2.39. The van der Waals surface area contributed by atoms with Crippen LogP contribution in [0.15, 0.2) is 36.7 Å². The number of carbonyl (C=O) groups excluding carboxylic acids is 1. The Hall–Kier alpha value is -3.39. The van der Waals surface area contributed by atoms with E-state index in [0.717, 1.165) is 44.7 Å². The smallest absolute Gasteiger partial charge is 0.237 e. The third kappa shape index (κ3) is 3.42. The van der Waals surface area contributed by atoms with E-state index in [2.05, 4.69) is 37.0 Å². The van der Waals surface area contributed by atoms with Crippen LogP contribution in [0.1, 0.15) is 12.5 Å². The zero-order valence-corrected chi connectivity index (χ0v) is 17.0. The van der Waals surface area contributed by atoms with E-state index in [1.165, 1.54) is 0 Å². The van der Waals surface area contributed by atoms with Crippen molar-refractivity contribution in [2.45, 2.75) is 19.5 Å². The second-order valence-electron chi connectivity index (χ2n) is 7.13. The molecule has 1 amide bonds. The van der Waals surface area contributed by atoms with E-state index in [1.807, 2.05) is 49.9 Å². The zero-order valence-electron chi connectivity index (χ0n) is 17.0. The van der Waals surface area contributed by atoms with Crippen molar-refractivity contribution in [3.8, 4) is 11.3 Å². The molecular weight excluding hydrogens is 366 g/mol. The minimum atomic E-state index is -0.209. The number of benzene rings is 1. The van der Waals surface area contributed by atoms with Gasteiger partial charge in [0, 0.05) is 31.7 Å². The summed E-state index contributed by atoms with van der Waals surface area (Å²) in [6.45, 7) is 2.33. The van der Waals surface area contributed by atoms with Gasteiger partial charge < -0.3 is 25.5 Å². The second-order valence-corrected chi connectivity index (χ2v) is 7.13. The van der Waals surface area contributed by atoms with E-state index < -0.39 is 0 Å². The van der Waals surface area contributed by atoms with Gasteiger partial charge in [-0.25, -0.2) is 9.97 Å². The van der Waals surface area contributed by atoms with Gasteiger partial charge in [0.05, 0.1) is 17.9 Å². The van der Waals surface area contributed by atoms with Crippen molar-refractivity contribution < 1.29 is 4.79 Å². The summed E-state index contributed by atoms with van der Waals surface area (Å²) >= 11 is 0. The maximum absolute atomic E-state index is 11.9. The van der Waals surface area contributed by atoms with Crippen molar-refractivity contribution in [3.05, 3.63) is 42.2 Å². The average Bonchev–Trinajstić information content (AvgIpc) is 3.34. The number of aromatic nitrogens is 4. The number of likely N-dealkylation sites (N-methyl/N-ethyl adjacent to an activating group) is 1. The SMILES string of the molecule is CNc1nc2[nH]c(-c3ccc(CNC(=O)[C@H](C)NC)cc3)cc2c2c1ncn2C. The van der Waals surface area contributed by atoms with Crippen LogP contribution in [0.4, 0.5) is 5.82 Å². The average molecular weight is 391 g/mol. The molecule has 0 spiro atoms. The predicted octanol–water partition coefficient (Wildman–Crippen LogP) is 2.38. The van der Waals surface area contributed by atoms with Crippen LogP contribution in [0, 0.1) is 0 Å². The Labute approximate surface area is 168 Å². The van der Waals surface area contributed by atoms with Gasteiger partial charge in [-0.3, -0.25) is 4.79 Å². The second kappa shape index (κ2) is 7.56. The zero-order chi connectivity index (χ0) is 20.5. The third-order valence-electron chi connectivity index (χ3n) is 5.23. The molecule has 3 heterocycles. The molecule has 0 saturated heterocycles. The van der Waals surface area contributed by atoms with Gasteiger partial charge in [0.2, 0.25) is 5.91 Å². The summed E-state index contributed by atoms with van der Waals surface area (Å²) in [6, 6.07) is 10.0. The molecule has 0 aliphatic carbocycles. The van der Waals surface area contributed by atoms with Gasteiger partial charge in [0.1, 0.15) is 11.2 Å². The summed E-state index contributed by atoms with van der Waals surface area (Å²) in [6.07, 6.45) is 1.80. The monoisotopic (exact) mass is 391 g/mol. The first-order chi connectivity index (χ1) is 14.0. The van der Waals surface area contributed by atoms with Gasteiger partial charge >= 0.3 is 0 Å². The van der Waals surface area contributed by atoms with Crippen LogP contribution < -0.4 is 16.0 Å². The van der Waals surface area contributed by atoms with Gasteiger partial charge in [0.15, 0.2) is 5.82 Å². The molecular formula is C21H25N7O. The number of pyridine rings is 1. The van der Waals surface area contributed by atoms with Crippen molar-refractivity contribution in [1.29, 1.82) is 0 Å². The number of anilines is 1. The number of aryl methyl sites for hydroxylation is 1. The van der Waals surface area contributed by atoms with Gasteiger partial charge in [-0.1, -0.05) is 24.3 Å². The number of amides is 1. The summed E-state index contributed by atoms with van der Waals surface area (Å²) in [4.78, 5) is 24.5. The molecule has 3 aromatic heterocycles. The number of nitrogens with zero attached hydrogens (tertiary/aromatic N) is 3. The fraction of sp³-hybridized carbons (Fsp3) is 0.286. The molecule has 29 heavy (non-hydrogen) atoms. The highest BCUT2D eigenvalue weighted by atomic mass is 16.2. The highest BCUT2D eigenvalue weighted by molar-refractivity contribution is 6.07. The number of hydrogen-bond acceptors (Lipinski definition) is 5. The third-order valence-corrected chi connectivity index (χ3v) is 5.23. The number of aromatic amines is 1. The largest absolute Gasteiger partial charge is 0.371 e. The molecule has 8 nitrogen and oxygen atoms in total.